The van der Waals surface area contributed by atoms with Gasteiger partial charge in [0.05, 0.1) is 5.02 Å². The second-order valence-corrected chi connectivity index (χ2v) is 4.59. The van der Waals surface area contributed by atoms with Crippen LogP contribution in [0.1, 0.15) is 17.3 Å². The molecule has 0 saturated carbocycles. The van der Waals surface area contributed by atoms with Gasteiger partial charge in [0.15, 0.2) is 0 Å². The zero-order valence-corrected chi connectivity index (χ0v) is 11.5. The Labute approximate surface area is 117 Å². The van der Waals surface area contributed by atoms with Crippen LogP contribution in [-0.4, -0.2) is 36.5 Å². The van der Waals surface area contributed by atoms with Crippen LogP contribution in [0.3, 0.4) is 0 Å². The van der Waals surface area contributed by atoms with Crippen molar-refractivity contribution in [3.63, 3.8) is 0 Å². The maximum atomic E-state index is 13.0. The molecule has 2 rings (SSSR count). The Bertz CT molecular complexity index is 442. The zero-order chi connectivity index (χ0) is 12.4. The average Bonchev–Trinajstić information content (AvgIpc) is 2.32. The fourth-order valence-electron chi connectivity index (χ4n) is 1.94. The van der Waals surface area contributed by atoms with Crippen LogP contribution in [0.25, 0.3) is 0 Å². The van der Waals surface area contributed by atoms with E-state index in [1.165, 1.54) is 18.2 Å². The molecular formula is C12H15Cl2FN2O. The highest BCUT2D eigenvalue weighted by Gasteiger charge is 2.24. The lowest BCUT2D eigenvalue weighted by Gasteiger charge is -2.34. The minimum atomic E-state index is -0.503. The third-order valence-corrected chi connectivity index (χ3v) is 3.22. The van der Waals surface area contributed by atoms with Crippen LogP contribution in [0, 0.1) is 5.82 Å². The number of rotatable bonds is 1. The van der Waals surface area contributed by atoms with Crippen molar-refractivity contribution in [2.24, 2.45) is 0 Å². The van der Waals surface area contributed by atoms with E-state index in [1.54, 1.807) is 4.90 Å². The van der Waals surface area contributed by atoms with Crippen molar-refractivity contribution in [3.05, 3.63) is 34.6 Å². The molecule has 1 fully saturated rings. The van der Waals surface area contributed by atoms with Crippen molar-refractivity contribution in [1.29, 1.82) is 0 Å². The van der Waals surface area contributed by atoms with E-state index in [0.717, 1.165) is 13.1 Å². The molecule has 1 aliphatic rings. The summed E-state index contributed by atoms with van der Waals surface area (Å²) in [4.78, 5) is 14.0. The van der Waals surface area contributed by atoms with Crippen LogP contribution in [-0.2, 0) is 0 Å². The summed E-state index contributed by atoms with van der Waals surface area (Å²) in [7, 11) is 0. The number of hydrogen-bond donors (Lipinski definition) is 1. The first kappa shape index (κ1) is 15.2. The third-order valence-electron chi connectivity index (χ3n) is 2.93. The van der Waals surface area contributed by atoms with E-state index in [-0.39, 0.29) is 29.4 Å². The molecular weight excluding hydrogens is 278 g/mol. The molecule has 3 nitrogen and oxygen atoms in total. The first-order valence-corrected chi connectivity index (χ1v) is 5.94. The Morgan fingerprint density at radius 2 is 2.28 bits per heavy atom. The summed E-state index contributed by atoms with van der Waals surface area (Å²) < 4.78 is 13.0. The first-order chi connectivity index (χ1) is 8.09. The zero-order valence-electron chi connectivity index (χ0n) is 9.95. The normalized spacial score (nSPS) is 19.3. The quantitative estimate of drug-likeness (QED) is 0.862. The molecule has 18 heavy (non-hydrogen) atoms. The molecule has 1 heterocycles. The van der Waals surface area contributed by atoms with Gasteiger partial charge in [-0.3, -0.25) is 4.79 Å². The number of hydrogen-bond acceptors (Lipinski definition) is 2. The Balaban J connectivity index is 0.00000162. The van der Waals surface area contributed by atoms with Crippen molar-refractivity contribution in [1.82, 2.24) is 10.2 Å². The fraction of sp³-hybridized carbons (Fsp3) is 0.417. The van der Waals surface area contributed by atoms with E-state index in [1.807, 2.05) is 6.92 Å². The molecule has 0 spiro atoms. The van der Waals surface area contributed by atoms with Crippen molar-refractivity contribution in [3.8, 4) is 0 Å². The number of piperazine rings is 1. The topological polar surface area (TPSA) is 32.3 Å². The summed E-state index contributed by atoms with van der Waals surface area (Å²) in [5, 5.41) is 3.20. The molecule has 100 valence electrons. The molecule has 0 bridgehead atoms. The van der Waals surface area contributed by atoms with Gasteiger partial charge in [-0.25, -0.2) is 4.39 Å². The van der Waals surface area contributed by atoms with Crippen LogP contribution in [0.5, 0.6) is 0 Å². The van der Waals surface area contributed by atoms with Crippen LogP contribution in [0.15, 0.2) is 18.2 Å². The molecule has 0 radical (unpaired) electrons. The van der Waals surface area contributed by atoms with Crippen LogP contribution < -0.4 is 5.32 Å². The monoisotopic (exact) mass is 292 g/mol. The lowest BCUT2D eigenvalue weighted by molar-refractivity contribution is 0.0655. The van der Waals surface area contributed by atoms with Gasteiger partial charge in [0.2, 0.25) is 0 Å². The minimum Gasteiger partial charge on any atom is -0.333 e. The molecule has 1 N–H and O–H groups in total. The third kappa shape index (κ3) is 3.13. The molecule has 1 amide bonds. The summed E-state index contributed by atoms with van der Waals surface area (Å²) in [5.74, 6) is -0.600. The van der Waals surface area contributed by atoms with Gasteiger partial charge in [-0.2, -0.15) is 0 Å². The molecule has 0 unspecified atom stereocenters. The number of carbonyl (C=O) groups is 1. The van der Waals surface area contributed by atoms with Crippen molar-refractivity contribution in [2.75, 3.05) is 19.6 Å². The Morgan fingerprint density at radius 3 is 2.89 bits per heavy atom. The molecule has 1 atom stereocenters. The van der Waals surface area contributed by atoms with Gasteiger partial charge in [-0.1, -0.05) is 11.6 Å². The molecule has 1 aliphatic heterocycles. The van der Waals surface area contributed by atoms with E-state index < -0.39 is 5.82 Å². The SMILES string of the molecule is C[C@H]1CNCCN1C(=O)c1ccc(F)c(Cl)c1.Cl. The van der Waals surface area contributed by atoms with E-state index in [4.69, 9.17) is 11.6 Å². The van der Waals surface area contributed by atoms with Gasteiger partial charge < -0.3 is 10.2 Å². The van der Waals surface area contributed by atoms with Gasteiger partial charge in [0, 0.05) is 31.2 Å². The maximum absolute atomic E-state index is 13.0. The van der Waals surface area contributed by atoms with Crippen LogP contribution >= 0.6 is 24.0 Å². The second kappa shape index (κ2) is 6.36. The smallest absolute Gasteiger partial charge is 0.254 e. The lowest BCUT2D eigenvalue weighted by Crippen LogP contribution is -2.52. The number of carbonyl (C=O) groups excluding carboxylic acids is 1. The molecule has 1 aromatic carbocycles. The highest BCUT2D eigenvalue weighted by Crippen LogP contribution is 2.18. The van der Waals surface area contributed by atoms with E-state index in [0.29, 0.717) is 12.1 Å². The molecule has 1 aromatic rings. The summed E-state index contributed by atoms with van der Waals surface area (Å²) >= 11 is 5.68. The standard InChI is InChI=1S/C12H14ClFN2O.ClH/c1-8-7-15-4-5-16(8)12(17)9-2-3-11(14)10(13)6-9;/h2-3,6,8,15H,4-5,7H2,1H3;1H/t8-;/m0./s1. The van der Waals surface area contributed by atoms with Gasteiger partial charge in [0.25, 0.3) is 5.91 Å². The largest absolute Gasteiger partial charge is 0.333 e. The Kier molecular flexibility index (Phi) is 5.38. The second-order valence-electron chi connectivity index (χ2n) is 4.18. The number of halogens is 3. The Hall–Kier alpha value is -0.840. The molecule has 0 aromatic heterocycles. The summed E-state index contributed by atoms with van der Waals surface area (Å²) in [6.45, 7) is 4.20. The number of benzene rings is 1. The molecule has 6 heteroatoms. The Morgan fingerprint density at radius 1 is 1.56 bits per heavy atom. The molecule has 1 saturated heterocycles. The predicted octanol–water partition coefficient (Wildman–Crippen LogP) is 2.33. The van der Waals surface area contributed by atoms with E-state index >= 15 is 0 Å². The number of amides is 1. The molecule has 0 aliphatic carbocycles. The fourth-order valence-corrected chi connectivity index (χ4v) is 2.12. The van der Waals surface area contributed by atoms with E-state index in [9.17, 15) is 9.18 Å². The van der Waals surface area contributed by atoms with Crippen LogP contribution in [0.4, 0.5) is 4.39 Å². The number of nitrogens with zero attached hydrogens (tertiary/aromatic N) is 1. The van der Waals surface area contributed by atoms with Crippen molar-refractivity contribution < 1.29 is 9.18 Å². The van der Waals surface area contributed by atoms with E-state index in [2.05, 4.69) is 5.32 Å². The van der Waals surface area contributed by atoms with Gasteiger partial charge in [-0.15, -0.1) is 12.4 Å². The summed E-state index contributed by atoms with van der Waals surface area (Å²) in [6, 6.07) is 4.22. The highest BCUT2D eigenvalue weighted by molar-refractivity contribution is 6.31. The predicted molar refractivity (Wildman–Crippen MR) is 72.0 cm³/mol. The van der Waals surface area contributed by atoms with Gasteiger partial charge >= 0.3 is 0 Å². The number of nitrogens with one attached hydrogen (secondary N) is 1. The summed E-state index contributed by atoms with van der Waals surface area (Å²) in [6.07, 6.45) is 0. The minimum absolute atomic E-state index is 0. The summed E-state index contributed by atoms with van der Waals surface area (Å²) in [5.41, 5.74) is 0.435. The maximum Gasteiger partial charge on any atom is 0.254 e. The first-order valence-electron chi connectivity index (χ1n) is 5.56. The van der Waals surface area contributed by atoms with Crippen molar-refractivity contribution >= 4 is 29.9 Å². The average molecular weight is 293 g/mol. The van der Waals surface area contributed by atoms with Gasteiger partial charge in [-0.05, 0) is 25.1 Å². The van der Waals surface area contributed by atoms with Crippen molar-refractivity contribution in [2.45, 2.75) is 13.0 Å². The highest BCUT2D eigenvalue weighted by atomic mass is 35.5. The van der Waals surface area contributed by atoms with Gasteiger partial charge in [0.1, 0.15) is 5.82 Å². The lowest BCUT2D eigenvalue weighted by atomic mass is 10.1. The van der Waals surface area contributed by atoms with Crippen LogP contribution in [0.2, 0.25) is 5.02 Å².